The van der Waals surface area contributed by atoms with Crippen molar-refractivity contribution >= 4 is 0 Å². The minimum absolute atomic E-state index is 0.314. The minimum Gasteiger partial charge on any atom is -0.390 e. The third-order valence-corrected chi connectivity index (χ3v) is 2.09. The molecule has 1 fully saturated rings. The molecule has 0 unspecified atom stereocenters. The molecule has 0 radical (unpaired) electrons. The van der Waals surface area contributed by atoms with Gasteiger partial charge in [-0.25, -0.2) is 0 Å². The number of hydrogen-bond acceptors (Lipinski definition) is 2. The van der Waals surface area contributed by atoms with Gasteiger partial charge in [-0.3, -0.25) is 0 Å². The van der Waals surface area contributed by atoms with E-state index in [1.54, 1.807) is 6.20 Å². The van der Waals surface area contributed by atoms with Crippen LogP contribution in [0.5, 0.6) is 0 Å². The molecule has 0 amide bonds. The first-order chi connectivity index (χ1) is 4.77. The van der Waals surface area contributed by atoms with Crippen molar-refractivity contribution in [2.45, 2.75) is 25.3 Å². The standard InChI is InChI=1S/C8H16N2/c1-3-9-7-8(2)5-4-6-10-8/h3,9-10H,1,4-7H2,2H3/t8-/m0/s1. The maximum atomic E-state index is 3.61. The average molecular weight is 140 g/mol. The van der Waals surface area contributed by atoms with Crippen LogP contribution in [0.15, 0.2) is 12.8 Å². The van der Waals surface area contributed by atoms with E-state index >= 15 is 0 Å². The van der Waals surface area contributed by atoms with Crippen molar-refractivity contribution in [3.05, 3.63) is 12.8 Å². The second-order valence-electron chi connectivity index (χ2n) is 3.18. The Balaban J connectivity index is 2.28. The van der Waals surface area contributed by atoms with Gasteiger partial charge in [-0.1, -0.05) is 6.58 Å². The first-order valence-corrected chi connectivity index (χ1v) is 3.86. The molecule has 1 atom stereocenters. The quantitative estimate of drug-likeness (QED) is 0.607. The lowest BCUT2D eigenvalue weighted by Gasteiger charge is -2.23. The van der Waals surface area contributed by atoms with Gasteiger partial charge in [0.15, 0.2) is 0 Å². The van der Waals surface area contributed by atoms with Gasteiger partial charge < -0.3 is 10.6 Å². The Hall–Kier alpha value is -0.500. The molecule has 1 aliphatic rings. The van der Waals surface area contributed by atoms with Crippen LogP contribution in [0.1, 0.15) is 19.8 Å². The van der Waals surface area contributed by atoms with Gasteiger partial charge in [0, 0.05) is 12.1 Å². The van der Waals surface area contributed by atoms with Gasteiger partial charge in [-0.05, 0) is 32.5 Å². The molecule has 0 spiro atoms. The predicted molar refractivity (Wildman–Crippen MR) is 43.8 cm³/mol. The Morgan fingerprint density at radius 2 is 2.60 bits per heavy atom. The third kappa shape index (κ3) is 1.74. The average Bonchev–Trinajstić information content (AvgIpc) is 2.33. The summed E-state index contributed by atoms with van der Waals surface area (Å²) in [7, 11) is 0. The Morgan fingerprint density at radius 3 is 3.10 bits per heavy atom. The molecule has 1 aliphatic heterocycles. The smallest absolute Gasteiger partial charge is 0.0326 e. The topological polar surface area (TPSA) is 24.1 Å². The monoisotopic (exact) mass is 140 g/mol. The normalized spacial score (nSPS) is 32.1. The molecule has 0 aromatic carbocycles. The predicted octanol–water partition coefficient (Wildman–Crippen LogP) is 0.862. The molecular formula is C8H16N2. The van der Waals surface area contributed by atoms with Gasteiger partial charge in [0.25, 0.3) is 0 Å². The van der Waals surface area contributed by atoms with E-state index in [0.717, 1.165) is 13.1 Å². The molecule has 1 saturated heterocycles. The van der Waals surface area contributed by atoms with Crippen LogP contribution in [0.2, 0.25) is 0 Å². The summed E-state index contributed by atoms with van der Waals surface area (Å²) in [6, 6.07) is 0. The SMILES string of the molecule is C=CNC[C@]1(C)CCCN1. The lowest BCUT2D eigenvalue weighted by atomic mass is 10.0. The zero-order valence-electron chi connectivity index (χ0n) is 6.61. The van der Waals surface area contributed by atoms with E-state index in [9.17, 15) is 0 Å². The molecule has 1 heterocycles. The summed E-state index contributed by atoms with van der Waals surface area (Å²) < 4.78 is 0. The third-order valence-electron chi connectivity index (χ3n) is 2.09. The largest absolute Gasteiger partial charge is 0.390 e. The molecule has 1 rings (SSSR count). The molecule has 2 nitrogen and oxygen atoms in total. The summed E-state index contributed by atoms with van der Waals surface area (Å²) >= 11 is 0. The van der Waals surface area contributed by atoms with Gasteiger partial charge in [-0.15, -0.1) is 0 Å². The van der Waals surface area contributed by atoms with Crippen molar-refractivity contribution in [1.29, 1.82) is 0 Å². The first kappa shape index (κ1) is 7.61. The van der Waals surface area contributed by atoms with Crippen LogP contribution >= 0.6 is 0 Å². The Bertz CT molecular complexity index is 114. The highest BCUT2D eigenvalue weighted by Crippen LogP contribution is 2.16. The van der Waals surface area contributed by atoms with Crippen molar-refractivity contribution in [1.82, 2.24) is 10.6 Å². The summed E-state index contributed by atoms with van der Waals surface area (Å²) in [5.74, 6) is 0. The second kappa shape index (κ2) is 3.06. The maximum absolute atomic E-state index is 3.61. The van der Waals surface area contributed by atoms with E-state index in [1.165, 1.54) is 12.8 Å². The summed E-state index contributed by atoms with van der Waals surface area (Å²) in [5, 5.41) is 6.59. The van der Waals surface area contributed by atoms with Crippen molar-refractivity contribution in [2.24, 2.45) is 0 Å². The van der Waals surface area contributed by atoms with E-state index < -0.39 is 0 Å². The fourth-order valence-electron chi connectivity index (χ4n) is 1.41. The molecule has 0 aromatic rings. The van der Waals surface area contributed by atoms with Crippen molar-refractivity contribution in [3.63, 3.8) is 0 Å². The second-order valence-corrected chi connectivity index (χ2v) is 3.18. The summed E-state index contributed by atoms with van der Waals surface area (Å²) in [6.07, 6.45) is 4.33. The fourth-order valence-corrected chi connectivity index (χ4v) is 1.41. The first-order valence-electron chi connectivity index (χ1n) is 3.86. The molecular weight excluding hydrogens is 124 g/mol. The van der Waals surface area contributed by atoms with Crippen LogP contribution in [-0.4, -0.2) is 18.6 Å². The van der Waals surface area contributed by atoms with Gasteiger partial charge in [-0.2, -0.15) is 0 Å². The zero-order valence-corrected chi connectivity index (χ0v) is 6.61. The molecule has 58 valence electrons. The Kier molecular flexibility index (Phi) is 2.33. The van der Waals surface area contributed by atoms with E-state index in [1.807, 2.05) is 0 Å². The van der Waals surface area contributed by atoms with E-state index in [4.69, 9.17) is 0 Å². The van der Waals surface area contributed by atoms with Crippen molar-refractivity contribution in [3.8, 4) is 0 Å². The zero-order chi connectivity index (χ0) is 7.45. The van der Waals surface area contributed by atoms with Crippen LogP contribution in [0.4, 0.5) is 0 Å². The highest BCUT2D eigenvalue weighted by Gasteiger charge is 2.26. The molecule has 0 saturated carbocycles. The van der Waals surface area contributed by atoms with Crippen molar-refractivity contribution in [2.75, 3.05) is 13.1 Å². The fraction of sp³-hybridized carbons (Fsp3) is 0.750. The van der Waals surface area contributed by atoms with Crippen molar-refractivity contribution < 1.29 is 0 Å². The molecule has 2 N–H and O–H groups in total. The summed E-state index contributed by atoms with van der Waals surface area (Å²) in [5.41, 5.74) is 0.314. The molecule has 0 aliphatic carbocycles. The van der Waals surface area contributed by atoms with Crippen LogP contribution in [0.3, 0.4) is 0 Å². The van der Waals surface area contributed by atoms with Gasteiger partial charge >= 0.3 is 0 Å². The maximum Gasteiger partial charge on any atom is 0.0326 e. The summed E-state index contributed by atoms with van der Waals surface area (Å²) in [6.45, 7) is 8.02. The molecule has 0 aromatic heterocycles. The molecule has 2 heteroatoms. The van der Waals surface area contributed by atoms with E-state index in [0.29, 0.717) is 5.54 Å². The lowest BCUT2D eigenvalue weighted by Crippen LogP contribution is -2.44. The van der Waals surface area contributed by atoms with Gasteiger partial charge in [0.2, 0.25) is 0 Å². The van der Waals surface area contributed by atoms with Gasteiger partial charge in [0.1, 0.15) is 0 Å². The van der Waals surface area contributed by atoms with Crippen LogP contribution in [0, 0.1) is 0 Å². The number of hydrogen-bond donors (Lipinski definition) is 2. The molecule has 10 heavy (non-hydrogen) atoms. The van der Waals surface area contributed by atoms with Crippen LogP contribution in [0.25, 0.3) is 0 Å². The highest BCUT2D eigenvalue weighted by atomic mass is 15.0. The lowest BCUT2D eigenvalue weighted by molar-refractivity contribution is 0.405. The summed E-state index contributed by atoms with van der Waals surface area (Å²) in [4.78, 5) is 0. The Labute approximate surface area is 62.7 Å². The van der Waals surface area contributed by atoms with Crippen LogP contribution < -0.4 is 10.6 Å². The van der Waals surface area contributed by atoms with E-state index in [-0.39, 0.29) is 0 Å². The number of nitrogens with one attached hydrogen (secondary N) is 2. The molecule has 0 bridgehead atoms. The Morgan fingerprint density at radius 1 is 1.80 bits per heavy atom. The van der Waals surface area contributed by atoms with Gasteiger partial charge in [0.05, 0.1) is 0 Å². The van der Waals surface area contributed by atoms with E-state index in [2.05, 4.69) is 24.1 Å². The number of rotatable bonds is 3. The highest BCUT2D eigenvalue weighted by molar-refractivity contribution is 4.91. The minimum atomic E-state index is 0.314. The van der Waals surface area contributed by atoms with Crippen LogP contribution in [-0.2, 0) is 0 Å².